The maximum absolute atomic E-state index is 12.8. The Labute approximate surface area is 129 Å². The molecule has 2 rings (SSSR count). The molecule has 0 aliphatic carbocycles. The lowest BCUT2D eigenvalue weighted by atomic mass is 10.1. The van der Waals surface area contributed by atoms with E-state index in [1.165, 1.54) is 0 Å². The molecule has 0 spiro atoms. The molecule has 22 heavy (non-hydrogen) atoms. The fraction of sp³-hybridized carbons (Fsp3) is 0.188. The highest BCUT2D eigenvalue weighted by Gasteiger charge is 2.17. The van der Waals surface area contributed by atoms with Crippen molar-refractivity contribution >= 4 is 15.9 Å². The van der Waals surface area contributed by atoms with Crippen LogP contribution in [0.3, 0.4) is 0 Å². The standard InChI is InChI=1S/C16H16FNO3S/c1-12-2-4-13(5-3-12)6-11-16(19)18-22(20,21)15-9-7-14(17)8-10-15/h2-5,7-10H,6,11H2,1H3,(H,18,19). The molecular weight excluding hydrogens is 305 g/mol. The van der Waals surface area contributed by atoms with Crippen molar-refractivity contribution in [2.45, 2.75) is 24.7 Å². The van der Waals surface area contributed by atoms with Gasteiger partial charge in [-0.25, -0.2) is 17.5 Å². The van der Waals surface area contributed by atoms with Crippen LogP contribution in [0.2, 0.25) is 0 Å². The predicted octanol–water partition coefficient (Wildman–Crippen LogP) is 2.57. The minimum Gasteiger partial charge on any atom is -0.274 e. The van der Waals surface area contributed by atoms with E-state index in [0.29, 0.717) is 6.42 Å². The molecule has 4 nitrogen and oxygen atoms in total. The zero-order chi connectivity index (χ0) is 16.2. The van der Waals surface area contributed by atoms with E-state index in [4.69, 9.17) is 0 Å². The second-order valence-corrected chi connectivity index (χ2v) is 6.65. The van der Waals surface area contributed by atoms with Crippen molar-refractivity contribution in [1.82, 2.24) is 4.72 Å². The van der Waals surface area contributed by atoms with Crippen molar-refractivity contribution < 1.29 is 17.6 Å². The van der Waals surface area contributed by atoms with Gasteiger partial charge < -0.3 is 0 Å². The second-order valence-electron chi connectivity index (χ2n) is 4.97. The van der Waals surface area contributed by atoms with Gasteiger partial charge in [0.1, 0.15) is 5.82 Å². The zero-order valence-electron chi connectivity index (χ0n) is 12.0. The van der Waals surface area contributed by atoms with E-state index in [1.807, 2.05) is 35.9 Å². The topological polar surface area (TPSA) is 63.2 Å². The van der Waals surface area contributed by atoms with E-state index in [1.54, 1.807) is 0 Å². The van der Waals surface area contributed by atoms with Gasteiger partial charge in [-0.2, -0.15) is 0 Å². The maximum Gasteiger partial charge on any atom is 0.264 e. The smallest absolute Gasteiger partial charge is 0.264 e. The lowest BCUT2D eigenvalue weighted by Gasteiger charge is -2.07. The molecule has 0 saturated carbocycles. The van der Waals surface area contributed by atoms with Crippen LogP contribution in [-0.4, -0.2) is 14.3 Å². The molecule has 6 heteroatoms. The number of nitrogens with one attached hydrogen (secondary N) is 1. The van der Waals surface area contributed by atoms with Gasteiger partial charge in [-0.1, -0.05) is 29.8 Å². The van der Waals surface area contributed by atoms with E-state index in [9.17, 15) is 17.6 Å². The number of hydrogen-bond acceptors (Lipinski definition) is 3. The summed E-state index contributed by atoms with van der Waals surface area (Å²) in [6.07, 6.45) is 0.508. The van der Waals surface area contributed by atoms with Crippen LogP contribution in [0.4, 0.5) is 4.39 Å². The van der Waals surface area contributed by atoms with E-state index in [-0.39, 0.29) is 11.3 Å². The van der Waals surface area contributed by atoms with Gasteiger partial charge in [0, 0.05) is 6.42 Å². The molecule has 0 heterocycles. The Morgan fingerprint density at radius 2 is 1.64 bits per heavy atom. The molecule has 0 radical (unpaired) electrons. The average Bonchev–Trinajstić information content (AvgIpc) is 2.46. The number of halogens is 1. The fourth-order valence-electron chi connectivity index (χ4n) is 1.89. The van der Waals surface area contributed by atoms with Crippen LogP contribution in [0, 0.1) is 12.7 Å². The number of carbonyl (C=O) groups is 1. The van der Waals surface area contributed by atoms with Gasteiger partial charge in [-0.3, -0.25) is 4.79 Å². The molecule has 0 fully saturated rings. The number of benzene rings is 2. The second kappa shape index (κ2) is 6.70. The first-order chi connectivity index (χ1) is 10.4. The Morgan fingerprint density at radius 1 is 1.05 bits per heavy atom. The monoisotopic (exact) mass is 321 g/mol. The highest BCUT2D eigenvalue weighted by atomic mass is 32.2. The molecule has 0 atom stereocenters. The summed E-state index contributed by atoms with van der Waals surface area (Å²) >= 11 is 0. The molecule has 1 N–H and O–H groups in total. The van der Waals surface area contributed by atoms with Crippen molar-refractivity contribution in [2.75, 3.05) is 0 Å². The third-order valence-corrected chi connectivity index (χ3v) is 4.52. The summed E-state index contributed by atoms with van der Waals surface area (Å²) in [7, 11) is -3.95. The molecule has 2 aromatic carbocycles. The Hall–Kier alpha value is -2.21. The third kappa shape index (κ3) is 4.39. The Morgan fingerprint density at radius 3 is 2.23 bits per heavy atom. The largest absolute Gasteiger partial charge is 0.274 e. The average molecular weight is 321 g/mol. The summed E-state index contributed by atoms with van der Waals surface area (Å²) in [6, 6.07) is 12.0. The van der Waals surface area contributed by atoms with Crippen LogP contribution in [0.5, 0.6) is 0 Å². The number of carbonyl (C=O) groups excluding carboxylic acids is 1. The van der Waals surface area contributed by atoms with Gasteiger partial charge in [0.25, 0.3) is 10.0 Å². The number of aryl methyl sites for hydroxylation is 2. The van der Waals surface area contributed by atoms with Crippen molar-refractivity contribution in [1.29, 1.82) is 0 Å². The third-order valence-electron chi connectivity index (χ3n) is 3.13. The molecule has 1 amide bonds. The van der Waals surface area contributed by atoms with E-state index in [2.05, 4.69) is 0 Å². The summed E-state index contributed by atoms with van der Waals surface area (Å²) in [6.45, 7) is 1.96. The van der Waals surface area contributed by atoms with Crippen LogP contribution in [-0.2, 0) is 21.2 Å². The molecule has 0 aromatic heterocycles. The highest BCUT2D eigenvalue weighted by molar-refractivity contribution is 7.90. The predicted molar refractivity (Wildman–Crippen MR) is 81.2 cm³/mol. The number of amides is 1. The molecule has 116 valence electrons. The molecule has 0 unspecified atom stereocenters. The SMILES string of the molecule is Cc1ccc(CCC(=O)NS(=O)(=O)c2ccc(F)cc2)cc1. The minimum absolute atomic E-state index is 0.0590. The van der Waals surface area contributed by atoms with Crippen LogP contribution in [0.25, 0.3) is 0 Å². The van der Waals surface area contributed by atoms with Gasteiger partial charge in [0.05, 0.1) is 4.90 Å². The first kappa shape index (κ1) is 16.2. The summed E-state index contributed by atoms with van der Waals surface area (Å²) in [4.78, 5) is 11.6. The van der Waals surface area contributed by atoms with Crippen LogP contribution < -0.4 is 4.72 Å². The number of hydrogen-bond donors (Lipinski definition) is 1. The van der Waals surface area contributed by atoms with Gasteiger partial charge >= 0.3 is 0 Å². The fourth-order valence-corrected chi connectivity index (χ4v) is 2.90. The Bertz CT molecular complexity index is 753. The van der Waals surface area contributed by atoms with Gasteiger partial charge in [0.15, 0.2) is 0 Å². The van der Waals surface area contributed by atoms with Crippen molar-refractivity contribution in [3.05, 3.63) is 65.5 Å². The zero-order valence-corrected chi connectivity index (χ0v) is 12.9. The van der Waals surface area contributed by atoms with Gasteiger partial charge in [-0.15, -0.1) is 0 Å². The molecular formula is C16H16FNO3S. The minimum atomic E-state index is -3.95. The first-order valence-corrected chi connectivity index (χ1v) is 8.22. The summed E-state index contributed by atoms with van der Waals surface area (Å²) < 4.78 is 38.7. The summed E-state index contributed by atoms with van der Waals surface area (Å²) in [5, 5.41) is 0. The van der Waals surface area contributed by atoms with Crippen molar-refractivity contribution in [2.24, 2.45) is 0 Å². The molecule has 0 aliphatic rings. The number of sulfonamides is 1. The molecule has 2 aromatic rings. The molecule has 0 saturated heterocycles. The number of rotatable bonds is 5. The van der Waals surface area contributed by atoms with E-state index in [0.717, 1.165) is 35.4 Å². The highest BCUT2D eigenvalue weighted by Crippen LogP contribution is 2.10. The molecule has 0 aliphatic heterocycles. The Balaban J connectivity index is 1.96. The van der Waals surface area contributed by atoms with Crippen LogP contribution >= 0.6 is 0 Å². The van der Waals surface area contributed by atoms with Crippen LogP contribution in [0.1, 0.15) is 17.5 Å². The molecule has 0 bridgehead atoms. The van der Waals surface area contributed by atoms with Gasteiger partial charge in [-0.05, 0) is 43.2 Å². The quantitative estimate of drug-likeness (QED) is 0.920. The van der Waals surface area contributed by atoms with Crippen molar-refractivity contribution in [3.8, 4) is 0 Å². The van der Waals surface area contributed by atoms with Gasteiger partial charge in [0.2, 0.25) is 5.91 Å². The summed E-state index contributed by atoms with van der Waals surface area (Å²) in [5.74, 6) is -1.13. The Kier molecular flexibility index (Phi) is 4.92. The lowest BCUT2D eigenvalue weighted by molar-refractivity contribution is -0.119. The lowest BCUT2D eigenvalue weighted by Crippen LogP contribution is -2.30. The maximum atomic E-state index is 12.8. The summed E-state index contributed by atoms with van der Waals surface area (Å²) in [5.41, 5.74) is 2.08. The first-order valence-electron chi connectivity index (χ1n) is 6.73. The van der Waals surface area contributed by atoms with E-state index >= 15 is 0 Å². The van der Waals surface area contributed by atoms with Crippen LogP contribution in [0.15, 0.2) is 53.4 Å². The van der Waals surface area contributed by atoms with Crippen molar-refractivity contribution in [3.63, 3.8) is 0 Å². The van der Waals surface area contributed by atoms with E-state index < -0.39 is 21.7 Å². The normalized spacial score (nSPS) is 11.2.